The van der Waals surface area contributed by atoms with E-state index in [4.69, 9.17) is 23.2 Å². The first-order chi connectivity index (χ1) is 13.0. The maximum Gasteiger partial charge on any atom is 0.237 e. The van der Waals surface area contributed by atoms with E-state index < -0.39 is 0 Å². The van der Waals surface area contributed by atoms with E-state index in [9.17, 15) is 9.59 Å². The van der Waals surface area contributed by atoms with Crippen molar-refractivity contribution in [1.82, 2.24) is 0 Å². The van der Waals surface area contributed by atoms with Crippen LogP contribution < -0.4 is 4.90 Å². The lowest BCUT2D eigenvalue weighted by Gasteiger charge is -2.15. The highest BCUT2D eigenvalue weighted by Gasteiger charge is 2.38. The number of allylic oxidation sites excluding steroid dienone is 2. The molecule has 0 N–H and O–H groups in total. The third-order valence-electron chi connectivity index (χ3n) is 4.91. The largest absolute Gasteiger partial charge is 0.274 e. The number of rotatable bonds is 11. The Hall–Kier alpha value is -1.32. The van der Waals surface area contributed by atoms with Crippen molar-refractivity contribution in [3.05, 3.63) is 40.4 Å². The van der Waals surface area contributed by atoms with Crippen molar-refractivity contribution in [2.24, 2.45) is 5.92 Å². The third-order valence-corrected chi connectivity index (χ3v) is 5.34. The summed E-state index contributed by atoms with van der Waals surface area (Å²) < 4.78 is 0. The van der Waals surface area contributed by atoms with Gasteiger partial charge in [-0.05, 0) is 37.5 Å². The van der Waals surface area contributed by atoms with Crippen LogP contribution >= 0.6 is 23.2 Å². The number of amides is 2. The van der Waals surface area contributed by atoms with E-state index in [1.807, 2.05) is 6.08 Å². The van der Waals surface area contributed by atoms with Crippen molar-refractivity contribution in [1.29, 1.82) is 0 Å². The molecule has 1 aromatic rings. The molecule has 0 saturated carbocycles. The van der Waals surface area contributed by atoms with Gasteiger partial charge < -0.3 is 0 Å². The molecule has 2 rings (SSSR count). The Morgan fingerprint density at radius 2 is 1.59 bits per heavy atom. The Morgan fingerprint density at radius 1 is 0.963 bits per heavy atom. The zero-order chi connectivity index (χ0) is 19.6. The fourth-order valence-corrected chi connectivity index (χ4v) is 3.93. The van der Waals surface area contributed by atoms with Gasteiger partial charge in [0.2, 0.25) is 11.8 Å². The maximum absolute atomic E-state index is 12.6. The standard InChI is InChI=1S/C22H29Cl2NO2/c1-2-3-4-5-6-7-8-9-10-11-12-17-13-21(26)25(22(17)27)20-15-18(23)14-19(24)16-20/h10-11,14-17H,2-9,12-13H2,1H3. The Bertz CT molecular complexity index is 652. The summed E-state index contributed by atoms with van der Waals surface area (Å²) in [5, 5.41) is 0.826. The number of carbonyl (C=O) groups excluding carboxylic acids is 2. The summed E-state index contributed by atoms with van der Waals surface area (Å²) in [6, 6.07) is 4.78. The minimum atomic E-state index is -0.291. The molecule has 0 aliphatic carbocycles. The molecule has 0 radical (unpaired) electrons. The first kappa shape index (κ1) is 22.0. The van der Waals surface area contributed by atoms with Crippen LogP contribution in [0.15, 0.2) is 30.4 Å². The summed E-state index contributed by atoms with van der Waals surface area (Å²) in [5.74, 6) is -0.650. The molecule has 1 atom stereocenters. The quantitative estimate of drug-likeness (QED) is 0.225. The zero-order valence-electron chi connectivity index (χ0n) is 16.1. The molecule has 0 bridgehead atoms. The number of unbranched alkanes of at least 4 members (excludes halogenated alkanes) is 7. The zero-order valence-corrected chi connectivity index (χ0v) is 17.6. The SMILES string of the molecule is CCCCCCCCCC=CCC1CC(=O)N(c2cc(Cl)cc(Cl)c2)C1=O. The number of halogens is 2. The molecule has 1 unspecified atom stereocenters. The average Bonchev–Trinajstić information content (AvgIpc) is 2.89. The van der Waals surface area contributed by atoms with Crippen LogP contribution in [0.5, 0.6) is 0 Å². The van der Waals surface area contributed by atoms with Gasteiger partial charge >= 0.3 is 0 Å². The molecule has 1 fully saturated rings. The number of benzene rings is 1. The first-order valence-corrected chi connectivity index (χ1v) is 10.8. The number of carbonyl (C=O) groups is 2. The van der Waals surface area contributed by atoms with Gasteiger partial charge in [-0.15, -0.1) is 0 Å². The Kier molecular flexibility index (Phi) is 9.36. The second-order valence-corrected chi connectivity index (χ2v) is 8.09. The van der Waals surface area contributed by atoms with E-state index >= 15 is 0 Å². The predicted octanol–water partition coefficient (Wildman–Crippen LogP) is 6.96. The fourth-order valence-electron chi connectivity index (χ4n) is 3.42. The summed E-state index contributed by atoms with van der Waals surface area (Å²) in [4.78, 5) is 26.1. The van der Waals surface area contributed by atoms with Crippen LogP contribution in [0.4, 0.5) is 5.69 Å². The minimum Gasteiger partial charge on any atom is -0.274 e. The lowest BCUT2D eigenvalue weighted by atomic mass is 10.0. The van der Waals surface area contributed by atoms with Crippen LogP contribution in [0.3, 0.4) is 0 Å². The average molecular weight is 410 g/mol. The van der Waals surface area contributed by atoms with Crippen LogP contribution in [0.25, 0.3) is 0 Å². The summed E-state index contributed by atoms with van der Waals surface area (Å²) in [7, 11) is 0. The topological polar surface area (TPSA) is 37.4 Å². The fraction of sp³-hybridized carbons (Fsp3) is 0.545. The summed E-state index contributed by atoms with van der Waals surface area (Å²) in [6.45, 7) is 2.23. The van der Waals surface area contributed by atoms with Gasteiger partial charge in [0.05, 0.1) is 11.6 Å². The molecule has 0 aromatic heterocycles. The van der Waals surface area contributed by atoms with Gasteiger partial charge in [0.1, 0.15) is 0 Å². The molecule has 27 heavy (non-hydrogen) atoms. The molecule has 1 saturated heterocycles. The highest BCUT2D eigenvalue weighted by atomic mass is 35.5. The van der Waals surface area contributed by atoms with Gasteiger partial charge in [-0.1, -0.05) is 80.8 Å². The molecular formula is C22H29Cl2NO2. The summed E-state index contributed by atoms with van der Waals surface area (Å²) in [5.41, 5.74) is 0.456. The minimum absolute atomic E-state index is 0.168. The van der Waals surface area contributed by atoms with Crippen LogP contribution in [0.1, 0.15) is 71.1 Å². The lowest BCUT2D eigenvalue weighted by molar-refractivity contribution is -0.122. The monoisotopic (exact) mass is 409 g/mol. The van der Waals surface area contributed by atoms with Gasteiger partial charge in [0.15, 0.2) is 0 Å². The van der Waals surface area contributed by atoms with E-state index in [0.29, 0.717) is 22.2 Å². The van der Waals surface area contributed by atoms with Crippen molar-refractivity contribution in [2.45, 2.75) is 71.1 Å². The number of hydrogen-bond donors (Lipinski definition) is 0. The third kappa shape index (κ3) is 6.97. The Morgan fingerprint density at radius 3 is 2.26 bits per heavy atom. The van der Waals surface area contributed by atoms with Crippen LogP contribution in [-0.4, -0.2) is 11.8 Å². The van der Waals surface area contributed by atoms with Gasteiger partial charge in [-0.25, -0.2) is 0 Å². The Labute approximate surface area is 172 Å². The van der Waals surface area contributed by atoms with Crippen molar-refractivity contribution >= 4 is 40.7 Å². The van der Waals surface area contributed by atoms with E-state index in [1.165, 1.54) is 49.8 Å². The van der Waals surface area contributed by atoms with E-state index in [2.05, 4.69) is 13.0 Å². The van der Waals surface area contributed by atoms with Crippen molar-refractivity contribution in [2.75, 3.05) is 4.90 Å². The number of imide groups is 1. The maximum atomic E-state index is 12.6. The summed E-state index contributed by atoms with van der Waals surface area (Å²) >= 11 is 12.0. The van der Waals surface area contributed by atoms with Crippen molar-refractivity contribution in [3.63, 3.8) is 0 Å². The number of anilines is 1. The van der Waals surface area contributed by atoms with Gasteiger partial charge in [-0.2, -0.15) is 0 Å². The highest BCUT2D eigenvalue weighted by Crippen LogP contribution is 2.32. The first-order valence-electron chi connectivity index (χ1n) is 10.0. The van der Waals surface area contributed by atoms with Crippen molar-refractivity contribution in [3.8, 4) is 0 Å². The van der Waals surface area contributed by atoms with Crippen LogP contribution in [0.2, 0.25) is 10.0 Å². The molecule has 3 nitrogen and oxygen atoms in total. The van der Waals surface area contributed by atoms with Gasteiger partial charge in [-0.3, -0.25) is 14.5 Å². The van der Waals surface area contributed by atoms with Crippen LogP contribution in [-0.2, 0) is 9.59 Å². The molecule has 1 heterocycles. The molecule has 1 aliphatic heterocycles. The van der Waals surface area contributed by atoms with E-state index in [-0.39, 0.29) is 24.2 Å². The Balaban J connectivity index is 1.75. The number of nitrogens with zero attached hydrogens (tertiary/aromatic N) is 1. The van der Waals surface area contributed by atoms with Crippen molar-refractivity contribution < 1.29 is 9.59 Å². The molecule has 1 aliphatic rings. The summed E-state index contributed by atoms with van der Waals surface area (Å²) in [6.07, 6.45) is 15.1. The second-order valence-electron chi connectivity index (χ2n) is 7.21. The van der Waals surface area contributed by atoms with E-state index in [0.717, 1.165) is 6.42 Å². The second kappa shape index (κ2) is 11.5. The van der Waals surface area contributed by atoms with Gasteiger partial charge in [0, 0.05) is 16.5 Å². The molecule has 2 amide bonds. The smallest absolute Gasteiger partial charge is 0.237 e. The molecule has 148 valence electrons. The molecule has 1 aromatic carbocycles. The molecular weight excluding hydrogens is 381 g/mol. The van der Waals surface area contributed by atoms with Gasteiger partial charge in [0.25, 0.3) is 0 Å². The molecule has 0 spiro atoms. The van der Waals surface area contributed by atoms with Crippen LogP contribution in [0, 0.1) is 5.92 Å². The van der Waals surface area contributed by atoms with E-state index in [1.54, 1.807) is 18.2 Å². The normalized spacial score (nSPS) is 17.4. The highest BCUT2D eigenvalue weighted by molar-refractivity contribution is 6.35. The predicted molar refractivity (Wildman–Crippen MR) is 113 cm³/mol. The lowest BCUT2D eigenvalue weighted by Crippen LogP contribution is -2.30. The molecule has 5 heteroatoms. The number of hydrogen-bond acceptors (Lipinski definition) is 2.